The van der Waals surface area contributed by atoms with Crippen LogP contribution in [0.2, 0.25) is 0 Å². The molecule has 3 aliphatic heterocycles. The van der Waals surface area contributed by atoms with Crippen LogP contribution < -0.4 is 0 Å². The second-order valence-corrected chi connectivity index (χ2v) is 3.72. The molecule has 3 unspecified atom stereocenters. The maximum Gasteiger partial charge on any atom is 0.0839 e. The van der Waals surface area contributed by atoms with Crippen LogP contribution in [-0.2, 0) is 9.47 Å². The highest BCUT2D eigenvalue weighted by atomic mass is 16.6. The molecule has 4 aliphatic rings. The third-order valence-electron chi connectivity index (χ3n) is 2.93. The van der Waals surface area contributed by atoms with Gasteiger partial charge in [0.25, 0.3) is 0 Å². The molecule has 3 heterocycles. The first kappa shape index (κ1) is 5.56. The summed E-state index contributed by atoms with van der Waals surface area (Å²) in [5, 5.41) is 0. The third kappa shape index (κ3) is 0.722. The molecule has 1 aliphatic carbocycles. The molecule has 0 aromatic heterocycles. The number of epoxide rings is 1. The van der Waals surface area contributed by atoms with Crippen LogP contribution in [0.5, 0.6) is 0 Å². The van der Waals surface area contributed by atoms with Gasteiger partial charge in [0.2, 0.25) is 0 Å². The molecule has 3 saturated heterocycles. The Hall–Kier alpha value is -0.0800. The number of hydrogen-bond donors (Lipinski definition) is 0. The van der Waals surface area contributed by atoms with Crippen LogP contribution in [0.15, 0.2) is 0 Å². The van der Waals surface area contributed by atoms with Crippen LogP contribution in [0.3, 0.4) is 0 Å². The lowest BCUT2D eigenvalue weighted by Crippen LogP contribution is -2.46. The van der Waals surface area contributed by atoms with E-state index in [-0.39, 0.29) is 0 Å². The quantitative estimate of drug-likeness (QED) is 0.506. The summed E-state index contributed by atoms with van der Waals surface area (Å²) >= 11 is 0. The normalized spacial score (nSPS) is 57.6. The first-order valence-corrected chi connectivity index (χ1v) is 4.19. The van der Waals surface area contributed by atoms with E-state index < -0.39 is 0 Å². The molecule has 4 fully saturated rings. The van der Waals surface area contributed by atoms with Gasteiger partial charge in [-0.05, 0) is 25.2 Å². The van der Waals surface area contributed by atoms with Crippen LogP contribution in [0.4, 0.5) is 0 Å². The Morgan fingerprint density at radius 1 is 1.00 bits per heavy atom. The van der Waals surface area contributed by atoms with E-state index in [0.29, 0.717) is 18.3 Å². The Balaban J connectivity index is 1.67. The Labute approximate surface area is 60.5 Å². The van der Waals surface area contributed by atoms with Gasteiger partial charge >= 0.3 is 0 Å². The summed E-state index contributed by atoms with van der Waals surface area (Å²) in [4.78, 5) is 0. The van der Waals surface area contributed by atoms with Gasteiger partial charge in [-0.25, -0.2) is 0 Å². The molecule has 2 nitrogen and oxygen atoms in total. The highest BCUT2D eigenvalue weighted by Crippen LogP contribution is 2.42. The Bertz CT molecular complexity index is 137. The van der Waals surface area contributed by atoms with Gasteiger partial charge in [0.05, 0.1) is 24.9 Å². The number of hydrogen-bond acceptors (Lipinski definition) is 2. The largest absolute Gasteiger partial charge is 0.375 e. The summed E-state index contributed by atoms with van der Waals surface area (Å²) in [5.41, 5.74) is 0. The summed E-state index contributed by atoms with van der Waals surface area (Å²) in [6, 6.07) is 0. The van der Waals surface area contributed by atoms with Gasteiger partial charge in [-0.1, -0.05) is 0 Å². The molecule has 3 atom stereocenters. The molecular formula is C8H12O2. The minimum Gasteiger partial charge on any atom is -0.375 e. The molecule has 56 valence electrons. The first-order chi connectivity index (χ1) is 4.92. The average molecular weight is 140 g/mol. The second-order valence-electron chi connectivity index (χ2n) is 3.72. The zero-order valence-electron chi connectivity index (χ0n) is 5.95. The zero-order valence-corrected chi connectivity index (χ0v) is 5.95. The highest BCUT2D eigenvalue weighted by Gasteiger charge is 2.45. The lowest BCUT2D eigenvalue weighted by molar-refractivity contribution is -0.175. The molecule has 10 heavy (non-hydrogen) atoms. The molecule has 4 rings (SSSR count). The SMILES string of the molecule is C1C2CC(C3CO3)CC1O2. The zero-order chi connectivity index (χ0) is 6.55. The van der Waals surface area contributed by atoms with Crippen LogP contribution in [-0.4, -0.2) is 24.9 Å². The van der Waals surface area contributed by atoms with Crippen molar-refractivity contribution in [2.24, 2.45) is 5.92 Å². The summed E-state index contributed by atoms with van der Waals surface area (Å²) in [6.45, 7) is 1.02. The van der Waals surface area contributed by atoms with E-state index in [9.17, 15) is 0 Å². The van der Waals surface area contributed by atoms with Crippen molar-refractivity contribution in [1.29, 1.82) is 0 Å². The molecule has 1 saturated carbocycles. The minimum absolute atomic E-state index is 0.605. The number of rotatable bonds is 1. The smallest absolute Gasteiger partial charge is 0.0839 e. The van der Waals surface area contributed by atoms with E-state index in [1.165, 1.54) is 19.3 Å². The predicted octanol–water partition coefficient (Wildman–Crippen LogP) is 0.953. The van der Waals surface area contributed by atoms with Crippen LogP contribution >= 0.6 is 0 Å². The van der Waals surface area contributed by atoms with Gasteiger partial charge in [-0.15, -0.1) is 0 Å². The second kappa shape index (κ2) is 1.74. The van der Waals surface area contributed by atoms with Crippen molar-refractivity contribution in [2.45, 2.75) is 37.6 Å². The van der Waals surface area contributed by atoms with E-state index in [0.717, 1.165) is 12.5 Å². The molecule has 0 aromatic rings. The topological polar surface area (TPSA) is 21.8 Å². The van der Waals surface area contributed by atoms with Crippen molar-refractivity contribution in [3.8, 4) is 0 Å². The van der Waals surface area contributed by atoms with Gasteiger partial charge in [0.1, 0.15) is 0 Å². The van der Waals surface area contributed by atoms with E-state index in [4.69, 9.17) is 9.47 Å². The van der Waals surface area contributed by atoms with E-state index in [2.05, 4.69) is 0 Å². The monoisotopic (exact) mass is 140 g/mol. The van der Waals surface area contributed by atoms with Crippen molar-refractivity contribution >= 4 is 0 Å². The molecule has 0 aromatic carbocycles. The molecule has 0 spiro atoms. The van der Waals surface area contributed by atoms with Crippen molar-refractivity contribution < 1.29 is 9.47 Å². The number of ether oxygens (including phenoxy) is 2. The summed E-state index contributed by atoms with van der Waals surface area (Å²) in [7, 11) is 0. The van der Waals surface area contributed by atoms with Crippen LogP contribution in [0.25, 0.3) is 0 Å². The molecule has 2 bridgehead atoms. The number of fused-ring (bicyclic) bond motifs is 2. The summed E-state index contributed by atoms with van der Waals surface area (Å²) in [5.74, 6) is 0.845. The molecule has 0 radical (unpaired) electrons. The Morgan fingerprint density at radius 2 is 1.60 bits per heavy atom. The van der Waals surface area contributed by atoms with Gasteiger partial charge < -0.3 is 9.47 Å². The maximum atomic E-state index is 5.53. The lowest BCUT2D eigenvalue weighted by Gasteiger charge is -2.44. The molecule has 0 N–H and O–H groups in total. The standard InChI is InChI=1S/C8H12O2/c1-5(8-4-9-8)2-7-3-6(1)10-7/h5-8H,1-4H2. The fourth-order valence-corrected chi connectivity index (χ4v) is 2.26. The van der Waals surface area contributed by atoms with E-state index >= 15 is 0 Å². The average Bonchev–Trinajstić information content (AvgIpc) is 2.67. The lowest BCUT2D eigenvalue weighted by atomic mass is 9.79. The molecule has 2 heteroatoms. The van der Waals surface area contributed by atoms with Crippen molar-refractivity contribution in [2.75, 3.05) is 6.61 Å². The van der Waals surface area contributed by atoms with E-state index in [1.54, 1.807) is 0 Å². The van der Waals surface area contributed by atoms with Gasteiger partial charge in [-0.3, -0.25) is 0 Å². The highest BCUT2D eigenvalue weighted by molar-refractivity contribution is 4.94. The first-order valence-electron chi connectivity index (χ1n) is 4.19. The van der Waals surface area contributed by atoms with Gasteiger partial charge in [-0.2, -0.15) is 0 Å². The van der Waals surface area contributed by atoms with Gasteiger partial charge in [0, 0.05) is 0 Å². The molecule has 0 amide bonds. The van der Waals surface area contributed by atoms with Crippen LogP contribution in [0, 0.1) is 5.92 Å². The Morgan fingerprint density at radius 3 is 2.10 bits per heavy atom. The fraction of sp³-hybridized carbons (Fsp3) is 1.00. The summed E-state index contributed by atoms with van der Waals surface area (Å²) < 4.78 is 10.8. The summed E-state index contributed by atoms with van der Waals surface area (Å²) in [6.07, 6.45) is 5.68. The van der Waals surface area contributed by atoms with Crippen molar-refractivity contribution in [1.82, 2.24) is 0 Å². The van der Waals surface area contributed by atoms with E-state index in [1.807, 2.05) is 0 Å². The fourth-order valence-electron chi connectivity index (χ4n) is 2.26. The van der Waals surface area contributed by atoms with Gasteiger partial charge in [0.15, 0.2) is 0 Å². The predicted molar refractivity (Wildman–Crippen MR) is 35.7 cm³/mol. The van der Waals surface area contributed by atoms with Crippen molar-refractivity contribution in [3.63, 3.8) is 0 Å². The third-order valence-corrected chi connectivity index (χ3v) is 2.93. The maximum absolute atomic E-state index is 5.53. The Kier molecular flexibility index (Phi) is 0.968. The molecular weight excluding hydrogens is 128 g/mol. The minimum atomic E-state index is 0.605. The van der Waals surface area contributed by atoms with Crippen LogP contribution in [0.1, 0.15) is 19.3 Å². The van der Waals surface area contributed by atoms with Crippen molar-refractivity contribution in [3.05, 3.63) is 0 Å².